The van der Waals surface area contributed by atoms with Gasteiger partial charge in [-0.1, -0.05) is 36.4 Å². The van der Waals surface area contributed by atoms with E-state index in [2.05, 4.69) is 38.1 Å². The van der Waals surface area contributed by atoms with E-state index in [1.165, 1.54) is 5.56 Å². The number of fused-ring (bicyclic) bond motifs is 2. The highest BCUT2D eigenvalue weighted by Crippen LogP contribution is 2.34. The van der Waals surface area contributed by atoms with Gasteiger partial charge in [-0.05, 0) is 32.0 Å². The SMILES string of the molecule is COc1cccc2c1CC(C)(C)N=C2c1ccc2ccccc2n1. The van der Waals surface area contributed by atoms with E-state index in [1.54, 1.807) is 7.11 Å². The maximum absolute atomic E-state index is 5.58. The fourth-order valence-electron chi connectivity index (χ4n) is 3.39. The van der Waals surface area contributed by atoms with Crippen molar-refractivity contribution in [2.24, 2.45) is 4.99 Å². The number of rotatable bonds is 2. The molecule has 1 aromatic heterocycles. The zero-order valence-corrected chi connectivity index (χ0v) is 14.2. The first-order valence-corrected chi connectivity index (χ1v) is 8.20. The first kappa shape index (κ1) is 14.9. The lowest BCUT2D eigenvalue weighted by Gasteiger charge is -2.30. The minimum Gasteiger partial charge on any atom is -0.496 e. The number of benzene rings is 2. The van der Waals surface area contributed by atoms with E-state index in [4.69, 9.17) is 14.7 Å². The van der Waals surface area contributed by atoms with E-state index in [9.17, 15) is 0 Å². The first-order chi connectivity index (χ1) is 11.6. The normalized spacial score (nSPS) is 15.7. The van der Waals surface area contributed by atoms with Crippen LogP contribution >= 0.6 is 0 Å². The molecule has 1 aliphatic heterocycles. The van der Waals surface area contributed by atoms with Crippen LogP contribution in [0.25, 0.3) is 10.9 Å². The summed E-state index contributed by atoms with van der Waals surface area (Å²) in [6.07, 6.45) is 0.865. The number of methoxy groups -OCH3 is 1. The van der Waals surface area contributed by atoms with Crippen molar-refractivity contribution in [3.8, 4) is 5.75 Å². The van der Waals surface area contributed by atoms with Gasteiger partial charge < -0.3 is 4.74 Å². The van der Waals surface area contributed by atoms with Gasteiger partial charge >= 0.3 is 0 Å². The molecule has 4 rings (SSSR count). The fraction of sp³-hybridized carbons (Fsp3) is 0.238. The topological polar surface area (TPSA) is 34.5 Å². The lowest BCUT2D eigenvalue weighted by atomic mass is 9.85. The summed E-state index contributed by atoms with van der Waals surface area (Å²) in [4.78, 5) is 9.85. The fourth-order valence-corrected chi connectivity index (χ4v) is 3.39. The van der Waals surface area contributed by atoms with Crippen LogP contribution in [-0.2, 0) is 6.42 Å². The maximum atomic E-state index is 5.58. The molecule has 0 saturated carbocycles. The Kier molecular flexibility index (Phi) is 3.38. The van der Waals surface area contributed by atoms with Crippen LogP contribution in [0.5, 0.6) is 5.75 Å². The third kappa shape index (κ3) is 2.46. The van der Waals surface area contributed by atoms with Gasteiger partial charge in [-0.2, -0.15) is 0 Å². The van der Waals surface area contributed by atoms with Gasteiger partial charge in [0.25, 0.3) is 0 Å². The lowest BCUT2D eigenvalue weighted by Crippen LogP contribution is -2.30. The van der Waals surface area contributed by atoms with Gasteiger partial charge in [0.15, 0.2) is 0 Å². The largest absolute Gasteiger partial charge is 0.496 e. The minimum atomic E-state index is -0.176. The molecule has 3 nitrogen and oxygen atoms in total. The molecular weight excluding hydrogens is 296 g/mol. The molecule has 0 bridgehead atoms. The van der Waals surface area contributed by atoms with Gasteiger partial charge in [0.2, 0.25) is 0 Å². The number of ether oxygens (including phenoxy) is 1. The highest BCUT2D eigenvalue weighted by atomic mass is 16.5. The monoisotopic (exact) mass is 316 g/mol. The van der Waals surface area contributed by atoms with Crippen LogP contribution in [0, 0.1) is 0 Å². The second kappa shape index (κ2) is 5.45. The summed E-state index contributed by atoms with van der Waals surface area (Å²) in [5.41, 5.74) is 5.01. The summed E-state index contributed by atoms with van der Waals surface area (Å²) in [5, 5.41) is 1.14. The molecule has 2 aromatic carbocycles. The quantitative estimate of drug-likeness (QED) is 0.701. The molecule has 0 N–H and O–H groups in total. The van der Waals surface area contributed by atoms with Crippen molar-refractivity contribution in [3.63, 3.8) is 0 Å². The molecule has 0 radical (unpaired) electrons. The highest BCUT2D eigenvalue weighted by Gasteiger charge is 2.30. The minimum absolute atomic E-state index is 0.176. The Bertz CT molecular complexity index is 957. The molecule has 1 aliphatic rings. The van der Waals surface area contributed by atoms with E-state index in [0.717, 1.165) is 40.0 Å². The summed E-state index contributed by atoms with van der Waals surface area (Å²) in [5.74, 6) is 0.925. The van der Waals surface area contributed by atoms with E-state index in [1.807, 2.05) is 30.3 Å². The van der Waals surface area contributed by atoms with Crippen molar-refractivity contribution >= 4 is 16.6 Å². The van der Waals surface area contributed by atoms with Gasteiger partial charge in [0, 0.05) is 22.9 Å². The average molecular weight is 316 g/mol. The van der Waals surface area contributed by atoms with Crippen molar-refractivity contribution in [1.29, 1.82) is 0 Å². The summed E-state index contributed by atoms with van der Waals surface area (Å²) in [6, 6.07) is 18.5. The van der Waals surface area contributed by atoms with Crippen molar-refractivity contribution in [2.75, 3.05) is 7.11 Å². The number of nitrogens with zero attached hydrogens (tertiary/aromatic N) is 2. The zero-order chi connectivity index (χ0) is 16.7. The Morgan fingerprint density at radius 1 is 0.958 bits per heavy atom. The zero-order valence-electron chi connectivity index (χ0n) is 14.2. The van der Waals surface area contributed by atoms with E-state index >= 15 is 0 Å². The number of aromatic nitrogens is 1. The van der Waals surface area contributed by atoms with Crippen LogP contribution in [0.3, 0.4) is 0 Å². The number of para-hydroxylation sites is 1. The lowest BCUT2D eigenvalue weighted by molar-refractivity contribution is 0.401. The van der Waals surface area contributed by atoms with Crippen LogP contribution < -0.4 is 4.74 Å². The number of aliphatic imine (C=N–C) groups is 1. The maximum Gasteiger partial charge on any atom is 0.122 e. The van der Waals surface area contributed by atoms with Crippen LogP contribution in [0.4, 0.5) is 0 Å². The molecule has 0 fully saturated rings. The number of hydrogen-bond acceptors (Lipinski definition) is 3. The Morgan fingerprint density at radius 3 is 2.62 bits per heavy atom. The van der Waals surface area contributed by atoms with Crippen molar-refractivity contribution in [1.82, 2.24) is 4.98 Å². The predicted octanol–water partition coefficient (Wildman–Crippen LogP) is 4.42. The Hall–Kier alpha value is -2.68. The van der Waals surface area contributed by atoms with Gasteiger partial charge in [-0.15, -0.1) is 0 Å². The van der Waals surface area contributed by atoms with Crippen LogP contribution in [0.1, 0.15) is 30.7 Å². The van der Waals surface area contributed by atoms with Crippen LogP contribution in [0.2, 0.25) is 0 Å². The second-order valence-electron chi connectivity index (χ2n) is 6.83. The molecule has 0 amide bonds. The highest BCUT2D eigenvalue weighted by molar-refractivity contribution is 6.14. The summed E-state index contributed by atoms with van der Waals surface area (Å²) < 4.78 is 5.58. The van der Waals surface area contributed by atoms with Gasteiger partial charge in [-0.25, -0.2) is 4.98 Å². The average Bonchev–Trinajstić information content (AvgIpc) is 2.59. The Labute approximate surface area is 142 Å². The molecule has 120 valence electrons. The van der Waals surface area contributed by atoms with Gasteiger partial charge in [-0.3, -0.25) is 4.99 Å². The smallest absolute Gasteiger partial charge is 0.122 e. The van der Waals surface area contributed by atoms with Crippen LogP contribution in [-0.4, -0.2) is 23.3 Å². The summed E-state index contributed by atoms with van der Waals surface area (Å²) in [7, 11) is 1.72. The third-order valence-electron chi connectivity index (χ3n) is 4.47. The predicted molar refractivity (Wildman–Crippen MR) is 98.2 cm³/mol. The number of hydrogen-bond donors (Lipinski definition) is 0. The Balaban J connectivity index is 1.94. The molecule has 24 heavy (non-hydrogen) atoms. The summed E-state index contributed by atoms with van der Waals surface area (Å²) >= 11 is 0. The van der Waals surface area contributed by atoms with Crippen molar-refractivity contribution in [3.05, 3.63) is 71.4 Å². The molecule has 3 heteroatoms. The van der Waals surface area contributed by atoms with Crippen LogP contribution in [0.15, 0.2) is 59.6 Å². The molecule has 0 aliphatic carbocycles. The van der Waals surface area contributed by atoms with Gasteiger partial charge in [0.05, 0.1) is 29.6 Å². The molecule has 3 aromatic rings. The van der Waals surface area contributed by atoms with Gasteiger partial charge in [0.1, 0.15) is 5.75 Å². The molecule has 0 spiro atoms. The Morgan fingerprint density at radius 2 is 1.79 bits per heavy atom. The van der Waals surface area contributed by atoms with E-state index < -0.39 is 0 Å². The number of pyridine rings is 1. The molecule has 0 atom stereocenters. The molecule has 0 unspecified atom stereocenters. The van der Waals surface area contributed by atoms with Crippen molar-refractivity contribution in [2.45, 2.75) is 25.8 Å². The first-order valence-electron chi connectivity index (χ1n) is 8.20. The molecular formula is C21H20N2O. The van der Waals surface area contributed by atoms with Crippen molar-refractivity contribution < 1.29 is 4.74 Å². The van der Waals surface area contributed by atoms with E-state index in [-0.39, 0.29) is 5.54 Å². The summed E-state index contributed by atoms with van der Waals surface area (Å²) in [6.45, 7) is 4.31. The molecule has 2 heterocycles. The third-order valence-corrected chi connectivity index (χ3v) is 4.47. The standard InChI is InChI=1S/C21H20N2O/c1-21(2)13-16-15(8-6-10-19(16)24-3)20(23-21)18-12-11-14-7-4-5-9-17(14)22-18/h4-12H,13H2,1-3H3. The second-order valence-corrected chi connectivity index (χ2v) is 6.83. The molecule has 0 saturated heterocycles. The van der Waals surface area contributed by atoms with E-state index in [0.29, 0.717) is 0 Å².